The average molecular weight is 354 g/mol. The van der Waals surface area contributed by atoms with E-state index in [0.717, 1.165) is 49.1 Å². The average Bonchev–Trinajstić information content (AvgIpc) is 2.51. The molecule has 5 heteroatoms. The molecular formula is C16H24BrN3O. The molecule has 2 fully saturated rings. The molecule has 0 amide bonds. The lowest BCUT2D eigenvalue weighted by molar-refractivity contribution is 0.00992. The standard InChI is InChI=1S/C16H24BrN3O/c17-12-5-6-16(18-11-12)19-13-7-9-20(10-8-13)14-3-1-2-4-15(14)21/h5-6,11,13-15,21H,1-4,7-10H2,(H,18,19). The van der Waals surface area contributed by atoms with Crippen LogP contribution in [0.2, 0.25) is 0 Å². The highest BCUT2D eigenvalue weighted by atomic mass is 79.9. The number of hydrogen-bond acceptors (Lipinski definition) is 4. The molecule has 1 aliphatic carbocycles. The zero-order chi connectivity index (χ0) is 14.7. The Morgan fingerprint density at radius 1 is 1.14 bits per heavy atom. The number of piperidine rings is 1. The van der Waals surface area contributed by atoms with Crippen LogP contribution in [0.5, 0.6) is 0 Å². The molecule has 2 unspecified atom stereocenters. The maximum Gasteiger partial charge on any atom is 0.126 e. The predicted molar refractivity (Wildman–Crippen MR) is 88.4 cm³/mol. The van der Waals surface area contributed by atoms with Crippen molar-refractivity contribution in [3.05, 3.63) is 22.8 Å². The minimum atomic E-state index is -0.114. The van der Waals surface area contributed by atoms with Gasteiger partial charge in [0.05, 0.1) is 6.10 Å². The predicted octanol–water partition coefficient (Wildman–Crippen LogP) is 3.02. The number of anilines is 1. The topological polar surface area (TPSA) is 48.4 Å². The van der Waals surface area contributed by atoms with Gasteiger partial charge in [0.25, 0.3) is 0 Å². The maximum absolute atomic E-state index is 10.2. The second kappa shape index (κ2) is 7.07. The smallest absolute Gasteiger partial charge is 0.126 e. The van der Waals surface area contributed by atoms with Gasteiger partial charge in [0.1, 0.15) is 5.82 Å². The summed E-state index contributed by atoms with van der Waals surface area (Å²) in [5, 5.41) is 13.7. The van der Waals surface area contributed by atoms with E-state index in [1.54, 1.807) is 0 Å². The molecule has 0 spiro atoms. The fourth-order valence-electron chi connectivity index (χ4n) is 3.56. The molecule has 0 bridgehead atoms. The van der Waals surface area contributed by atoms with E-state index in [1.165, 1.54) is 12.8 Å². The molecule has 0 aromatic carbocycles. The van der Waals surface area contributed by atoms with Gasteiger partial charge in [0.2, 0.25) is 0 Å². The molecule has 0 radical (unpaired) electrons. The molecule has 1 aliphatic heterocycles. The highest BCUT2D eigenvalue weighted by Gasteiger charge is 2.31. The van der Waals surface area contributed by atoms with Crippen LogP contribution in [0.3, 0.4) is 0 Å². The molecule has 3 rings (SSSR count). The summed E-state index contributed by atoms with van der Waals surface area (Å²) < 4.78 is 1.01. The summed E-state index contributed by atoms with van der Waals surface area (Å²) >= 11 is 3.41. The van der Waals surface area contributed by atoms with E-state index in [9.17, 15) is 5.11 Å². The Balaban J connectivity index is 1.49. The number of likely N-dealkylation sites (tertiary alicyclic amines) is 1. The lowest BCUT2D eigenvalue weighted by atomic mass is 9.89. The van der Waals surface area contributed by atoms with Crippen LogP contribution in [-0.4, -0.2) is 46.3 Å². The zero-order valence-electron chi connectivity index (χ0n) is 12.3. The molecule has 2 N–H and O–H groups in total. The summed E-state index contributed by atoms with van der Waals surface area (Å²) in [5.41, 5.74) is 0. The van der Waals surface area contributed by atoms with E-state index in [4.69, 9.17) is 0 Å². The van der Waals surface area contributed by atoms with Crippen molar-refractivity contribution < 1.29 is 5.11 Å². The molecule has 21 heavy (non-hydrogen) atoms. The van der Waals surface area contributed by atoms with E-state index < -0.39 is 0 Å². The largest absolute Gasteiger partial charge is 0.391 e. The Morgan fingerprint density at radius 2 is 1.90 bits per heavy atom. The highest BCUT2D eigenvalue weighted by Crippen LogP contribution is 2.26. The van der Waals surface area contributed by atoms with Gasteiger partial charge in [0, 0.05) is 35.8 Å². The number of halogens is 1. The van der Waals surface area contributed by atoms with Gasteiger partial charge in [-0.15, -0.1) is 0 Å². The van der Waals surface area contributed by atoms with Crippen molar-refractivity contribution in [3.63, 3.8) is 0 Å². The summed E-state index contributed by atoms with van der Waals surface area (Å²) in [6, 6.07) is 4.92. The van der Waals surface area contributed by atoms with Crippen LogP contribution < -0.4 is 5.32 Å². The summed E-state index contributed by atoms with van der Waals surface area (Å²) in [6.07, 6.45) is 8.56. The molecule has 1 aromatic heterocycles. The summed E-state index contributed by atoms with van der Waals surface area (Å²) in [6.45, 7) is 2.16. The number of nitrogens with zero attached hydrogens (tertiary/aromatic N) is 2. The number of hydrogen-bond donors (Lipinski definition) is 2. The third-order valence-corrected chi connectivity index (χ3v) is 5.24. The van der Waals surface area contributed by atoms with Crippen LogP contribution in [0.15, 0.2) is 22.8 Å². The Bertz CT molecular complexity index is 445. The van der Waals surface area contributed by atoms with Crippen LogP contribution in [-0.2, 0) is 0 Å². The second-order valence-corrected chi connectivity index (χ2v) is 7.15. The van der Waals surface area contributed by atoms with E-state index in [1.807, 2.05) is 18.3 Å². The Morgan fingerprint density at radius 3 is 2.57 bits per heavy atom. The van der Waals surface area contributed by atoms with Gasteiger partial charge < -0.3 is 10.4 Å². The lowest BCUT2D eigenvalue weighted by Gasteiger charge is -2.41. The first-order valence-electron chi connectivity index (χ1n) is 8.02. The van der Waals surface area contributed by atoms with Gasteiger partial charge >= 0.3 is 0 Å². The quantitative estimate of drug-likeness (QED) is 0.876. The SMILES string of the molecule is OC1CCCCC1N1CCC(Nc2ccc(Br)cn2)CC1. The van der Waals surface area contributed by atoms with Gasteiger partial charge in [-0.2, -0.15) is 0 Å². The first kappa shape index (κ1) is 15.3. The van der Waals surface area contributed by atoms with Gasteiger partial charge in [-0.05, 0) is 53.7 Å². The van der Waals surface area contributed by atoms with Crippen LogP contribution in [0.25, 0.3) is 0 Å². The fraction of sp³-hybridized carbons (Fsp3) is 0.688. The van der Waals surface area contributed by atoms with E-state index in [-0.39, 0.29) is 6.10 Å². The number of aromatic nitrogens is 1. The van der Waals surface area contributed by atoms with Crippen molar-refractivity contribution >= 4 is 21.7 Å². The zero-order valence-corrected chi connectivity index (χ0v) is 13.9. The molecular weight excluding hydrogens is 330 g/mol. The number of nitrogens with one attached hydrogen (secondary N) is 1. The van der Waals surface area contributed by atoms with Crippen molar-refractivity contribution in [1.29, 1.82) is 0 Å². The highest BCUT2D eigenvalue weighted by molar-refractivity contribution is 9.10. The summed E-state index contributed by atoms with van der Waals surface area (Å²) in [4.78, 5) is 6.88. The molecule has 2 aliphatic rings. The van der Waals surface area contributed by atoms with Gasteiger partial charge in [-0.3, -0.25) is 4.90 Å². The maximum atomic E-state index is 10.2. The van der Waals surface area contributed by atoms with Crippen LogP contribution in [0.1, 0.15) is 38.5 Å². The third-order valence-electron chi connectivity index (χ3n) is 4.77. The van der Waals surface area contributed by atoms with Crippen molar-refractivity contribution in [3.8, 4) is 0 Å². The lowest BCUT2D eigenvalue weighted by Crippen LogP contribution is -2.50. The minimum Gasteiger partial charge on any atom is -0.391 e. The van der Waals surface area contributed by atoms with E-state index in [2.05, 4.69) is 31.1 Å². The van der Waals surface area contributed by atoms with Gasteiger partial charge in [-0.25, -0.2) is 4.98 Å². The van der Waals surface area contributed by atoms with Crippen LogP contribution in [0.4, 0.5) is 5.82 Å². The molecule has 1 aromatic rings. The van der Waals surface area contributed by atoms with E-state index >= 15 is 0 Å². The summed E-state index contributed by atoms with van der Waals surface area (Å²) in [7, 11) is 0. The number of pyridine rings is 1. The Hall–Kier alpha value is -0.650. The number of aliphatic hydroxyl groups is 1. The third kappa shape index (κ3) is 3.96. The van der Waals surface area contributed by atoms with Crippen molar-refractivity contribution in [2.24, 2.45) is 0 Å². The molecule has 2 atom stereocenters. The van der Waals surface area contributed by atoms with Gasteiger partial charge in [0.15, 0.2) is 0 Å². The monoisotopic (exact) mass is 353 g/mol. The molecule has 1 saturated heterocycles. The van der Waals surface area contributed by atoms with Crippen molar-refractivity contribution in [2.45, 2.75) is 56.7 Å². The van der Waals surface area contributed by atoms with Crippen molar-refractivity contribution in [1.82, 2.24) is 9.88 Å². The first-order valence-corrected chi connectivity index (χ1v) is 8.82. The fourth-order valence-corrected chi connectivity index (χ4v) is 3.80. The Kier molecular flexibility index (Phi) is 5.14. The first-order chi connectivity index (χ1) is 10.2. The van der Waals surface area contributed by atoms with Gasteiger partial charge in [-0.1, -0.05) is 12.8 Å². The van der Waals surface area contributed by atoms with Crippen LogP contribution >= 0.6 is 15.9 Å². The molecule has 116 valence electrons. The van der Waals surface area contributed by atoms with E-state index in [0.29, 0.717) is 12.1 Å². The molecule has 2 heterocycles. The molecule has 4 nitrogen and oxygen atoms in total. The van der Waals surface area contributed by atoms with Crippen molar-refractivity contribution in [2.75, 3.05) is 18.4 Å². The second-order valence-electron chi connectivity index (χ2n) is 6.24. The summed E-state index contributed by atoms with van der Waals surface area (Å²) in [5.74, 6) is 0.953. The molecule has 1 saturated carbocycles. The normalized spacial score (nSPS) is 28.5. The number of rotatable bonds is 3. The van der Waals surface area contributed by atoms with Crippen LogP contribution in [0, 0.1) is 0 Å². The Labute approximate surface area is 135 Å². The number of aliphatic hydroxyl groups excluding tert-OH is 1. The minimum absolute atomic E-state index is 0.114.